The molecule has 0 amide bonds. The first-order valence-electron chi connectivity index (χ1n) is 7.88. The third-order valence-corrected chi connectivity index (χ3v) is 5.94. The molecule has 0 spiro atoms. The number of benzene rings is 1. The molecule has 1 fully saturated rings. The van der Waals surface area contributed by atoms with E-state index < -0.39 is 14.9 Å². The summed E-state index contributed by atoms with van der Waals surface area (Å²) in [6.45, 7) is 2.12. The van der Waals surface area contributed by atoms with Gasteiger partial charge in [0.1, 0.15) is 0 Å². The highest BCUT2D eigenvalue weighted by molar-refractivity contribution is 7.89. The maximum Gasteiger partial charge on any atom is 0.270 e. The van der Waals surface area contributed by atoms with Gasteiger partial charge in [0.15, 0.2) is 5.82 Å². The highest BCUT2D eigenvalue weighted by Crippen LogP contribution is 2.22. The SMILES string of the molecule is Cl.NCc1nc(CN2CCN(S(=O)(=O)c3cccc([N+](=O)[O-])c3)CC2)no1. The van der Waals surface area contributed by atoms with Gasteiger partial charge in [-0.1, -0.05) is 11.2 Å². The Kier molecular flexibility index (Phi) is 6.84. The molecule has 1 aromatic heterocycles. The largest absolute Gasteiger partial charge is 0.338 e. The second-order valence-corrected chi connectivity index (χ2v) is 7.68. The van der Waals surface area contributed by atoms with Crippen LogP contribution in [0.1, 0.15) is 11.7 Å². The second kappa shape index (κ2) is 8.71. The Labute approximate surface area is 161 Å². The van der Waals surface area contributed by atoms with Crippen LogP contribution >= 0.6 is 12.4 Å². The number of hydrogen-bond acceptors (Lipinski definition) is 9. The van der Waals surface area contributed by atoms with Gasteiger partial charge in [0.25, 0.3) is 5.69 Å². The molecule has 1 aromatic carbocycles. The van der Waals surface area contributed by atoms with Crippen molar-refractivity contribution in [3.05, 3.63) is 46.1 Å². The van der Waals surface area contributed by atoms with Crippen LogP contribution in [0.25, 0.3) is 0 Å². The Bertz CT molecular complexity index is 897. The minimum Gasteiger partial charge on any atom is -0.338 e. The summed E-state index contributed by atoms with van der Waals surface area (Å²) in [4.78, 5) is 16.3. The second-order valence-electron chi connectivity index (χ2n) is 5.74. The fourth-order valence-corrected chi connectivity index (χ4v) is 4.13. The van der Waals surface area contributed by atoms with Crippen LogP contribution in [0.2, 0.25) is 0 Å². The Morgan fingerprint density at radius 1 is 1.26 bits per heavy atom. The van der Waals surface area contributed by atoms with E-state index in [2.05, 4.69) is 10.1 Å². The van der Waals surface area contributed by atoms with E-state index in [0.29, 0.717) is 31.3 Å². The molecule has 0 unspecified atom stereocenters. The number of hydrogen-bond donors (Lipinski definition) is 1. The van der Waals surface area contributed by atoms with Crippen molar-refractivity contribution in [1.82, 2.24) is 19.3 Å². The van der Waals surface area contributed by atoms with Gasteiger partial charge in [-0.05, 0) is 6.07 Å². The zero-order valence-electron chi connectivity index (χ0n) is 14.2. The molecule has 0 radical (unpaired) electrons. The van der Waals surface area contributed by atoms with E-state index in [0.717, 1.165) is 6.07 Å². The van der Waals surface area contributed by atoms with E-state index >= 15 is 0 Å². The molecule has 2 aromatic rings. The molecular formula is C14H19ClN6O5S. The van der Waals surface area contributed by atoms with E-state index in [9.17, 15) is 18.5 Å². The fourth-order valence-electron chi connectivity index (χ4n) is 2.67. The normalized spacial score (nSPS) is 16.0. The first-order valence-corrected chi connectivity index (χ1v) is 9.32. The molecule has 3 rings (SSSR count). The zero-order valence-corrected chi connectivity index (χ0v) is 15.9. The maximum absolute atomic E-state index is 12.7. The van der Waals surface area contributed by atoms with Gasteiger partial charge >= 0.3 is 0 Å². The van der Waals surface area contributed by atoms with Crippen LogP contribution in [0.5, 0.6) is 0 Å². The molecule has 27 heavy (non-hydrogen) atoms. The van der Waals surface area contributed by atoms with E-state index in [1.165, 1.54) is 22.5 Å². The predicted octanol–water partition coefficient (Wildman–Crippen LogP) is 0.365. The van der Waals surface area contributed by atoms with Crippen LogP contribution in [0.3, 0.4) is 0 Å². The smallest absolute Gasteiger partial charge is 0.270 e. The molecule has 0 bridgehead atoms. The van der Waals surface area contributed by atoms with Gasteiger partial charge in [-0.25, -0.2) is 8.42 Å². The van der Waals surface area contributed by atoms with Crippen molar-refractivity contribution in [2.75, 3.05) is 26.2 Å². The molecule has 2 heterocycles. The predicted molar refractivity (Wildman–Crippen MR) is 96.6 cm³/mol. The maximum atomic E-state index is 12.7. The summed E-state index contributed by atoms with van der Waals surface area (Å²) in [6, 6.07) is 5.07. The Morgan fingerprint density at radius 3 is 2.56 bits per heavy atom. The number of halogens is 1. The standard InChI is InChI=1S/C14H18N6O5S.ClH/c15-9-14-16-13(17-25-14)10-18-4-6-19(7-5-18)26(23,24)12-3-1-2-11(8-12)20(21)22;/h1-3,8H,4-7,9-10,15H2;1H. The van der Waals surface area contributed by atoms with Crippen LogP contribution in [0.15, 0.2) is 33.7 Å². The minimum atomic E-state index is -3.78. The molecule has 1 aliphatic heterocycles. The number of nitro groups is 1. The minimum absolute atomic E-state index is 0. The first kappa shape index (κ1) is 21.2. The van der Waals surface area contributed by atoms with Crippen LogP contribution in [-0.4, -0.2) is 58.9 Å². The highest BCUT2D eigenvalue weighted by atomic mass is 35.5. The zero-order chi connectivity index (χ0) is 18.7. The number of nitro benzene ring substituents is 1. The summed E-state index contributed by atoms with van der Waals surface area (Å²) in [6.07, 6.45) is 0. The number of sulfonamides is 1. The van der Waals surface area contributed by atoms with E-state index in [1.807, 2.05) is 4.90 Å². The van der Waals surface area contributed by atoms with Crippen molar-refractivity contribution in [2.45, 2.75) is 18.0 Å². The van der Waals surface area contributed by atoms with Crippen molar-refractivity contribution in [3.63, 3.8) is 0 Å². The van der Waals surface area contributed by atoms with Gasteiger partial charge in [0, 0.05) is 38.3 Å². The fraction of sp³-hybridized carbons (Fsp3) is 0.429. The number of non-ortho nitro benzene ring substituents is 1. The summed E-state index contributed by atoms with van der Waals surface area (Å²) in [7, 11) is -3.78. The lowest BCUT2D eigenvalue weighted by Gasteiger charge is -2.33. The van der Waals surface area contributed by atoms with Crippen molar-refractivity contribution in [2.24, 2.45) is 5.73 Å². The lowest BCUT2D eigenvalue weighted by molar-refractivity contribution is -0.385. The van der Waals surface area contributed by atoms with Crippen molar-refractivity contribution < 1.29 is 17.9 Å². The summed E-state index contributed by atoms with van der Waals surface area (Å²) in [5, 5.41) is 14.7. The number of aromatic nitrogens is 2. The summed E-state index contributed by atoms with van der Waals surface area (Å²) < 4.78 is 31.7. The third-order valence-electron chi connectivity index (χ3n) is 4.05. The summed E-state index contributed by atoms with van der Waals surface area (Å²) in [5.74, 6) is 0.854. The molecule has 1 aliphatic rings. The first-order chi connectivity index (χ1) is 12.4. The van der Waals surface area contributed by atoms with Gasteiger partial charge in [-0.2, -0.15) is 9.29 Å². The van der Waals surface area contributed by atoms with Crippen LogP contribution < -0.4 is 5.73 Å². The Balaban J connectivity index is 0.00000261. The lowest BCUT2D eigenvalue weighted by Crippen LogP contribution is -2.48. The monoisotopic (exact) mass is 418 g/mol. The van der Waals surface area contributed by atoms with Crippen LogP contribution in [0, 0.1) is 10.1 Å². The molecule has 11 nitrogen and oxygen atoms in total. The van der Waals surface area contributed by atoms with Crippen LogP contribution in [0.4, 0.5) is 5.69 Å². The third kappa shape index (κ3) is 4.78. The van der Waals surface area contributed by atoms with Crippen molar-refractivity contribution in [3.8, 4) is 0 Å². The number of piperazine rings is 1. The van der Waals surface area contributed by atoms with Crippen LogP contribution in [-0.2, 0) is 23.1 Å². The van der Waals surface area contributed by atoms with Gasteiger partial charge in [0.05, 0.1) is 22.9 Å². The topological polar surface area (TPSA) is 149 Å². The molecule has 13 heteroatoms. The van der Waals surface area contributed by atoms with E-state index in [4.69, 9.17) is 10.3 Å². The average molecular weight is 419 g/mol. The quantitative estimate of drug-likeness (QED) is 0.518. The molecule has 0 aliphatic carbocycles. The van der Waals surface area contributed by atoms with Gasteiger partial charge in [0.2, 0.25) is 15.9 Å². The number of rotatable bonds is 6. The Morgan fingerprint density at radius 2 is 1.96 bits per heavy atom. The molecular weight excluding hydrogens is 400 g/mol. The number of nitrogens with two attached hydrogens (primary N) is 1. The molecule has 0 atom stereocenters. The molecule has 1 saturated heterocycles. The molecule has 148 valence electrons. The van der Waals surface area contributed by atoms with Gasteiger partial charge < -0.3 is 10.3 Å². The van der Waals surface area contributed by atoms with Gasteiger partial charge in [-0.15, -0.1) is 12.4 Å². The lowest BCUT2D eigenvalue weighted by atomic mass is 10.3. The summed E-state index contributed by atoms with van der Waals surface area (Å²) in [5.41, 5.74) is 5.17. The molecule has 2 N–H and O–H groups in total. The highest BCUT2D eigenvalue weighted by Gasteiger charge is 2.29. The van der Waals surface area contributed by atoms with E-state index in [1.54, 1.807) is 0 Å². The van der Waals surface area contributed by atoms with Gasteiger partial charge in [-0.3, -0.25) is 15.0 Å². The number of nitrogens with zero attached hydrogens (tertiary/aromatic N) is 5. The Hall–Kier alpha value is -2.12. The van der Waals surface area contributed by atoms with Crippen molar-refractivity contribution >= 4 is 28.1 Å². The summed E-state index contributed by atoms with van der Waals surface area (Å²) >= 11 is 0. The molecule has 0 saturated carbocycles. The average Bonchev–Trinajstić information content (AvgIpc) is 3.10. The van der Waals surface area contributed by atoms with Crippen molar-refractivity contribution in [1.29, 1.82) is 0 Å². The van der Waals surface area contributed by atoms with E-state index in [-0.39, 0.29) is 42.6 Å².